The zero-order valence-electron chi connectivity index (χ0n) is 26.6. The van der Waals surface area contributed by atoms with Gasteiger partial charge in [0.15, 0.2) is 0 Å². The van der Waals surface area contributed by atoms with E-state index in [4.69, 9.17) is 21.3 Å². The summed E-state index contributed by atoms with van der Waals surface area (Å²) < 4.78 is 33.7. The number of aromatic nitrogens is 3. The third-order valence-corrected chi connectivity index (χ3v) is 9.84. The Balaban J connectivity index is 1.13. The van der Waals surface area contributed by atoms with Crippen molar-refractivity contribution in [3.63, 3.8) is 0 Å². The predicted molar refractivity (Wildman–Crippen MR) is 186 cm³/mol. The molecule has 2 heterocycles. The molecule has 48 heavy (non-hydrogen) atoms. The first kappa shape index (κ1) is 33.0. The fourth-order valence-electron chi connectivity index (χ4n) is 5.69. The van der Waals surface area contributed by atoms with Crippen LogP contribution in [-0.4, -0.2) is 52.0 Å². The molecule has 0 spiro atoms. The molecule has 1 saturated carbocycles. The topological polar surface area (TPSA) is 144 Å². The van der Waals surface area contributed by atoms with Gasteiger partial charge in [-0.15, -0.1) is 0 Å². The van der Waals surface area contributed by atoms with Crippen LogP contribution in [0, 0.1) is 0 Å². The number of anilines is 2. The van der Waals surface area contributed by atoms with E-state index in [0.29, 0.717) is 45.8 Å². The van der Waals surface area contributed by atoms with Crippen LogP contribution in [-0.2, 0) is 14.8 Å². The number of hydrogen-bond donors (Lipinski definition) is 3. The van der Waals surface area contributed by atoms with Crippen LogP contribution in [0.5, 0.6) is 0 Å². The Morgan fingerprint density at radius 2 is 1.62 bits per heavy atom. The molecule has 2 amide bonds. The van der Waals surface area contributed by atoms with Gasteiger partial charge in [-0.3, -0.25) is 10.1 Å². The molecule has 3 aromatic carbocycles. The minimum Gasteiger partial charge on any atom is -0.444 e. The van der Waals surface area contributed by atoms with E-state index in [2.05, 4.69) is 20.9 Å². The van der Waals surface area contributed by atoms with Crippen molar-refractivity contribution in [1.29, 1.82) is 0 Å². The van der Waals surface area contributed by atoms with E-state index >= 15 is 0 Å². The molecule has 2 atom stereocenters. The number of para-hydroxylation sites is 1. The molecule has 3 N–H and O–H groups in total. The summed E-state index contributed by atoms with van der Waals surface area (Å²) >= 11 is 6.60. The Hall–Kier alpha value is -4.94. The first-order valence-corrected chi connectivity index (χ1v) is 17.3. The number of rotatable bonds is 8. The zero-order chi connectivity index (χ0) is 34.1. The first-order valence-electron chi connectivity index (χ1n) is 15.5. The maximum Gasteiger partial charge on any atom is 0.412 e. The number of halogens is 1. The molecule has 0 radical (unpaired) electrons. The highest BCUT2D eigenvalue weighted by atomic mass is 35.5. The number of hydrogen-bond acceptors (Lipinski definition) is 8. The van der Waals surface area contributed by atoms with Crippen molar-refractivity contribution in [1.82, 2.24) is 19.3 Å². The third-order valence-electron chi connectivity index (χ3n) is 7.87. The summed E-state index contributed by atoms with van der Waals surface area (Å²) in [7, 11) is -3.89. The summed E-state index contributed by atoms with van der Waals surface area (Å²) in [4.78, 5) is 34.3. The number of nitrogens with zero attached hydrogens (tertiary/aromatic N) is 3. The van der Waals surface area contributed by atoms with Gasteiger partial charge in [-0.25, -0.2) is 27.2 Å². The van der Waals surface area contributed by atoms with Gasteiger partial charge in [-0.2, -0.15) is 0 Å². The number of carbonyl (C=O) groups excluding carboxylic acids is 2. The van der Waals surface area contributed by atoms with Crippen molar-refractivity contribution in [3.8, 4) is 11.3 Å². The van der Waals surface area contributed by atoms with E-state index in [0.717, 1.165) is 12.8 Å². The molecular formula is C35H35ClN6O5S. The van der Waals surface area contributed by atoms with Crippen LogP contribution in [0.3, 0.4) is 0 Å². The molecule has 1 aliphatic carbocycles. The van der Waals surface area contributed by atoms with Crippen molar-refractivity contribution in [2.24, 2.45) is 0 Å². The van der Waals surface area contributed by atoms with Crippen LogP contribution < -0.4 is 16.0 Å². The van der Waals surface area contributed by atoms with E-state index in [1.165, 1.54) is 10.2 Å². The molecule has 0 aliphatic heterocycles. The fourth-order valence-corrected chi connectivity index (χ4v) is 7.27. The number of amides is 2. The van der Waals surface area contributed by atoms with Gasteiger partial charge < -0.3 is 15.4 Å². The molecule has 1 aliphatic rings. The molecule has 0 saturated heterocycles. The Morgan fingerprint density at radius 3 is 2.35 bits per heavy atom. The number of carbonyl (C=O) groups is 2. The Kier molecular flexibility index (Phi) is 9.13. The number of ether oxygens (including phenoxy) is 1. The van der Waals surface area contributed by atoms with Crippen LogP contribution >= 0.6 is 11.6 Å². The molecule has 11 nitrogen and oxygen atoms in total. The van der Waals surface area contributed by atoms with Gasteiger partial charge >= 0.3 is 6.09 Å². The van der Waals surface area contributed by atoms with Gasteiger partial charge in [0.05, 0.1) is 27.3 Å². The van der Waals surface area contributed by atoms with Crippen molar-refractivity contribution in [2.45, 2.75) is 62.6 Å². The highest BCUT2D eigenvalue weighted by molar-refractivity contribution is 7.90. The summed E-state index contributed by atoms with van der Waals surface area (Å²) in [6, 6.07) is 22.0. The van der Waals surface area contributed by atoms with Crippen molar-refractivity contribution in [2.75, 3.05) is 10.6 Å². The van der Waals surface area contributed by atoms with E-state index in [1.54, 1.807) is 93.7 Å². The van der Waals surface area contributed by atoms with Crippen molar-refractivity contribution < 1.29 is 22.7 Å². The zero-order valence-corrected chi connectivity index (χ0v) is 28.2. The van der Waals surface area contributed by atoms with Gasteiger partial charge in [0, 0.05) is 40.5 Å². The molecular weight excluding hydrogens is 652 g/mol. The molecule has 13 heteroatoms. The van der Waals surface area contributed by atoms with E-state index < -0.39 is 21.7 Å². The van der Waals surface area contributed by atoms with E-state index in [9.17, 15) is 18.0 Å². The van der Waals surface area contributed by atoms with Crippen LogP contribution in [0.25, 0.3) is 22.2 Å². The SMILES string of the molecule is CC(C)(C)OC(=O)Nc1ccc(C(=O)NC2CCC(Nc3ncc(Cl)c(-c4cn(S(=O)(=O)c5ccccc5)c5ccccc45)n3)C2)cc1. The Bertz CT molecular complexity index is 2080. The molecule has 248 valence electrons. The fraction of sp³-hybridized carbons (Fsp3) is 0.257. The van der Waals surface area contributed by atoms with Gasteiger partial charge in [-0.05, 0) is 82.5 Å². The lowest BCUT2D eigenvalue weighted by Gasteiger charge is -2.19. The smallest absolute Gasteiger partial charge is 0.412 e. The van der Waals surface area contributed by atoms with Gasteiger partial charge in [-0.1, -0.05) is 48.0 Å². The average Bonchev–Trinajstić information content (AvgIpc) is 3.66. The van der Waals surface area contributed by atoms with Gasteiger partial charge in [0.25, 0.3) is 15.9 Å². The third kappa shape index (κ3) is 7.29. The number of nitrogens with one attached hydrogen (secondary N) is 3. The molecule has 2 unspecified atom stereocenters. The quantitative estimate of drug-likeness (QED) is 0.157. The second-order valence-corrected chi connectivity index (χ2v) is 14.8. The van der Waals surface area contributed by atoms with E-state index in [1.807, 2.05) is 12.1 Å². The second kappa shape index (κ2) is 13.3. The predicted octanol–water partition coefficient (Wildman–Crippen LogP) is 7.10. The van der Waals surface area contributed by atoms with Gasteiger partial charge in [0.1, 0.15) is 5.60 Å². The van der Waals surface area contributed by atoms with Crippen LogP contribution in [0.15, 0.2) is 96.2 Å². The summed E-state index contributed by atoms with van der Waals surface area (Å²) in [6.07, 6.45) is 4.67. The van der Waals surface area contributed by atoms with Crippen molar-refractivity contribution in [3.05, 3.63) is 102 Å². The lowest BCUT2D eigenvalue weighted by atomic mass is 10.1. The maximum absolute atomic E-state index is 13.6. The standard InChI is InChI=1S/C35H35ClN6O5S/c1-35(2,3)47-34(44)40-23-15-13-22(14-16-23)32(43)38-24-17-18-25(19-24)39-33-37-20-29(36)31(41-33)28-21-42(30-12-8-7-11-27(28)30)48(45,46)26-9-5-4-6-10-26/h4-16,20-21,24-25H,17-19H2,1-3H3,(H,38,43)(H,40,44)(H,37,39,41). The largest absolute Gasteiger partial charge is 0.444 e. The first-order chi connectivity index (χ1) is 22.9. The second-order valence-electron chi connectivity index (χ2n) is 12.6. The average molecular weight is 687 g/mol. The highest BCUT2D eigenvalue weighted by Gasteiger charge is 2.28. The van der Waals surface area contributed by atoms with Crippen LogP contribution in [0.2, 0.25) is 5.02 Å². The minimum absolute atomic E-state index is 0.00969. The van der Waals surface area contributed by atoms with Crippen molar-refractivity contribution >= 4 is 56.2 Å². The monoisotopic (exact) mass is 686 g/mol. The molecule has 6 rings (SSSR count). The van der Waals surface area contributed by atoms with Gasteiger partial charge in [0.2, 0.25) is 5.95 Å². The number of benzene rings is 3. The normalized spacial score (nSPS) is 16.4. The minimum atomic E-state index is -3.89. The molecule has 0 bridgehead atoms. The Morgan fingerprint density at radius 1 is 0.938 bits per heavy atom. The Labute approximate surface area is 283 Å². The van der Waals surface area contributed by atoms with Crippen LogP contribution in [0.4, 0.5) is 16.4 Å². The molecule has 5 aromatic rings. The summed E-state index contributed by atoms with van der Waals surface area (Å²) in [5, 5.41) is 10.1. The number of fused-ring (bicyclic) bond motifs is 1. The lowest BCUT2D eigenvalue weighted by molar-refractivity contribution is 0.0635. The summed E-state index contributed by atoms with van der Waals surface area (Å²) in [5.74, 6) is 0.138. The molecule has 1 fully saturated rings. The molecule has 2 aromatic heterocycles. The summed E-state index contributed by atoms with van der Waals surface area (Å²) in [5.41, 5.74) is 1.85. The van der Waals surface area contributed by atoms with Crippen LogP contribution in [0.1, 0.15) is 50.4 Å². The highest BCUT2D eigenvalue weighted by Crippen LogP contribution is 2.36. The lowest BCUT2D eigenvalue weighted by Crippen LogP contribution is -2.34. The van der Waals surface area contributed by atoms with E-state index in [-0.39, 0.29) is 27.9 Å². The summed E-state index contributed by atoms with van der Waals surface area (Å²) in [6.45, 7) is 5.35. The maximum atomic E-state index is 13.6.